The predicted molar refractivity (Wildman–Crippen MR) is 152 cm³/mol. The molecule has 0 heterocycles. The molecule has 2 N–H and O–H groups in total. The number of sulfonamides is 1. The minimum absolute atomic E-state index is 0.0821. The van der Waals surface area contributed by atoms with Crippen molar-refractivity contribution in [3.63, 3.8) is 0 Å². The second-order valence-corrected chi connectivity index (χ2v) is 12.3. The lowest BCUT2D eigenvalue weighted by Gasteiger charge is -2.36. The van der Waals surface area contributed by atoms with Gasteiger partial charge in [0.25, 0.3) is 0 Å². The normalized spacial score (nSPS) is 16.1. The van der Waals surface area contributed by atoms with Gasteiger partial charge in [-0.2, -0.15) is 4.31 Å². The van der Waals surface area contributed by atoms with Crippen LogP contribution in [0.3, 0.4) is 0 Å². The molecule has 0 bridgehead atoms. The first-order valence-electron chi connectivity index (χ1n) is 13.7. The van der Waals surface area contributed by atoms with E-state index in [0.29, 0.717) is 6.54 Å². The number of carboxylic acid groups (broad SMARTS) is 1. The van der Waals surface area contributed by atoms with Crippen LogP contribution in [0.25, 0.3) is 0 Å². The first-order valence-corrected chi connectivity index (χ1v) is 15.1. The fraction of sp³-hybridized carbons (Fsp3) is 0.387. The molecule has 0 saturated heterocycles. The summed E-state index contributed by atoms with van der Waals surface area (Å²) in [4.78, 5) is 14.0. The van der Waals surface area contributed by atoms with E-state index >= 15 is 0 Å². The number of rotatable bonds is 12. The molecule has 4 rings (SSSR count). The molecule has 3 aromatic carbocycles. The summed E-state index contributed by atoms with van der Waals surface area (Å²) in [5.41, 5.74) is 1.66. The Labute approximate surface area is 231 Å². The van der Waals surface area contributed by atoms with Crippen LogP contribution in [-0.4, -0.2) is 59.2 Å². The van der Waals surface area contributed by atoms with Gasteiger partial charge < -0.3 is 10.2 Å². The maximum atomic E-state index is 13.8. The number of hydrogen-bond donors (Lipinski definition) is 2. The van der Waals surface area contributed by atoms with E-state index in [1.54, 1.807) is 30.3 Å². The van der Waals surface area contributed by atoms with Crippen molar-refractivity contribution in [3.8, 4) is 0 Å². The zero-order valence-corrected chi connectivity index (χ0v) is 23.0. The summed E-state index contributed by atoms with van der Waals surface area (Å²) in [6.07, 6.45) is 3.01. The lowest BCUT2D eigenvalue weighted by atomic mass is 9.89. The van der Waals surface area contributed by atoms with Crippen LogP contribution in [0.15, 0.2) is 95.9 Å². The van der Waals surface area contributed by atoms with Crippen molar-refractivity contribution in [2.75, 3.05) is 13.1 Å². The number of aliphatic hydroxyl groups excluding tert-OH is 1. The lowest BCUT2D eigenvalue weighted by molar-refractivity contribution is 0.0327. The Morgan fingerprint density at radius 2 is 1.36 bits per heavy atom. The summed E-state index contributed by atoms with van der Waals surface area (Å²) in [7, 11) is -3.90. The van der Waals surface area contributed by atoms with Gasteiger partial charge in [0.05, 0.1) is 17.0 Å². The monoisotopic (exact) mass is 550 g/mol. The van der Waals surface area contributed by atoms with Gasteiger partial charge in [-0.3, -0.25) is 4.90 Å². The predicted octanol–water partition coefficient (Wildman–Crippen LogP) is 5.41. The van der Waals surface area contributed by atoms with Gasteiger partial charge in [0.1, 0.15) is 0 Å². The van der Waals surface area contributed by atoms with Gasteiger partial charge >= 0.3 is 6.09 Å². The molecule has 7 nitrogen and oxygen atoms in total. The minimum atomic E-state index is -3.90. The highest BCUT2D eigenvalue weighted by molar-refractivity contribution is 7.89. The summed E-state index contributed by atoms with van der Waals surface area (Å²) in [6, 6.07) is 26.1. The molecular formula is C31H38N2O5S. The molecule has 8 heteroatoms. The van der Waals surface area contributed by atoms with Crippen molar-refractivity contribution in [2.45, 2.75) is 62.1 Å². The quantitative estimate of drug-likeness (QED) is 0.314. The van der Waals surface area contributed by atoms with Crippen molar-refractivity contribution in [1.82, 2.24) is 9.21 Å². The largest absolute Gasteiger partial charge is 0.465 e. The summed E-state index contributed by atoms with van der Waals surface area (Å²) in [5, 5.41) is 21.9. The Hall–Kier alpha value is -3.20. The molecule has 1 fully saturated rings. The van der Waals surface area contributed by atoms with Crippen LogP contribution in [0.2, 0.25) is 0 Å². The number of carbonyl (C=O) groups is 1. The molecule has 0 spiro atoms. The maximum Gasteiger partial charge on any atom is 0.407 e. The Morgan fingerprint density at radius 1 is 0.821 bits per heavy atom. The average molecular weight is 551 g/mol. The second kappa shape index (κ2) is 13.7. The highest BCUT2D eigenvalue weighted by Crippen LogP contribution is 2.28. The van der Waals surface area contributed by atoms with Crippen LogP contribution in [0, 0.1) is 5.92 Å². The van der Waals surface area contributed by atoms with Crippen LogP contribution in [0.4, 0.5) is 4.79 Å². The standard InChI is InChI=1S/C31H38N2O5S/c34-30(24-32(22-26-15-7-2-8-16-26)39(37,38)28-19-11-4-12-20-28)29(21-25-13-5-1-6-14-25)33(31(35)36)23-27-17-9-3-10-18-27/h1,3-6,9-14,17-20,26,29-30,34H,2,7-8,15-16,21-24H2,(H,35,36)/t29-,30+/m0/s1. The zero-order chi connectivity index (χ0) is 27.7. The van der Waals surface area contributed by atoms with Crippen LogP contribution < -0.4 is 0 Å². The van der Waals surface area contributed by atoms with E-state index in [4.69, 9.17) is 0 Å². The average Bonchev–Trinajstić information content (AvgIpc) is 2.96. The molecule has 1 amide bonds. The van der Waals surface area contributed by atoms with E-state index < -0.39 is 28.3 Å². The Balaban J connectivity index is 1.66. The highest BCUT2D eigenvalue weighted by Gasteiger charge is 2.36. The van der Waals surface area contributed by atoms with E-state index in [0.717, 1.165) is 43.2 Å². The molecule has 1 aliphatic rings. The highest BCUT2D eigenvalue weighted by atomic mass is 32.2. The van der Waals surface area contributed by atoms with Crippen molar-refractivity contribution in [2.24, 2.45) is 5.92 Å². The lowest BCUT2D eigenvalue weighted by Crippen LogP contribution is -2.52. The molecule has 0 aromatic heterocycles. The first-order chi connectivity index (χ1) is 18.8. The van der Waals surface area contributed by atoms with Gasteiger partial charge in [0, 0.05) is 19.6 Å². The van der Waals surface area contributed by atoms with Crippen molar-refractivity contribution < 1.29 is 23.4 Å². The number of aliphatic hydroxyl groups is 1. The van der Waals surface area contributed by atoms with E-state index in [1.807, 2.05) is 60.7 Å². The van der Waals surface area contributed by atoms with Gasteiger partial charge in [-0.1, -0.05) is 98.1 Å². The smallest absolute Gasteiger partial charge is 0.407 e. The van der Waals surface area contributed by atoms with E-state index in [1.165, 1.54) is 9.21 Å². The second-order valence-electron chi connectivity index (χ2n) is 10.4. The van der Waals surface area contributed by atoms with Crippen molar-refractivity contribution >= 4 is 16.1 Å². The van der Waals surface area contributed by atoms with E-state index in [-0.39, 0.29) is 30.3 Å². The summed E-state index contributed by atoms with van der Waals surface area (Å²) in [5.74, 6) is 0.205. The Morgan fingerprint density at radius 3 is 1.92 bits per heavy atom. The van der Waals surface area contributed by atoms with Crippen molar-refractivity contribution in [3.05, 3.63) is 102 Å². The summed E-state index contributed by atoms with van der Waals surface area (Å²) >= 11 is 0. The molecule has 2 atom stereocenters. The maximum absolute atomic E-state index is 13.8. The van der Waals surface area contributed by atoms with E-state index in [2.05, 4.69) is 0 Å². The molecule has 0 aliphatic heterocycles. The molecule has 1 saturated carbocycles. The zero-order valence-electron chi connectivity index (χ0n) is 22.2. The van der Waals surface area contributed by atoms with Crippen LogP contribution in [0.5, 0.6) is 0 Å². The molecule has 1 aliphatic carbocycles. The van der Waals surface area contributed by atoms with Gasteiger partial charge in [-0.15, -0.1) is 0 Å². The van der Waals surface area contributed by atoms with Crippen LogP contribution in [0.1, 0.15) is 43.2 Å². The number of nitrogens with zero attached hydrogens (tertiary/aromatic N) is 2. The Bertz CT molecular complexity index is 1270. The first kappa shape index (κ1) is 28.8. The van der Waals surface area contributed by atoms with Crippen molar-refractivity contribution in [1.29, 1.82) is 0 Å². The summed E-state index contributed by atoms with van der Waals surface area (Å²) < 4.78 is 29.0. The molecule has 39 heavy (non-hydrogen) atoms. The fourth-order valence-electron chi connectivity index (χ4n) is 5.42. The number of amides is 1. The van der Waals surface area contributed by atoms with E-state index in [9.17, 15) is 23.4 Å². The molecule has 3 aromatic rings. The fourth-order valence-corrected chi connectivity index (χ4v) is 6.97. The number of hydrogen-bond acceptors (Lipinski definition) is 4. The van der Waals surface area contributed by atoms with Gasteiger partial charge in [-0.25, -0.2) is 13.2 Å². The molecule has 0 radical (unpaired) electrons. The van der Waals surface area contributed by atoms with Gasteiger partial charge in [-0.05, 0) is 48.4 Å². The molecule has 208 valence electrons. The third-order valence-electron chi connectivity index (χ3n) is 7.53. The van der Waals surface area contributed by atoms with Crippen LogP contribution >= 0.6 is 0 Å². The van der Waals surface area contributed by atoms with Gasteiger partial charge in [0.2, 0.25) is 10.0 Å². The minimum Gasteiger partial charge on any atom is -0.465 e. The SMILES string of the molecule is O=C(O)N(Cc1ccccc1)[C@@H](Cc1ccccc1)[C@H](O)CN(CC1CCCCC1)S(=O)(=O)c1ccccc1. The third-order valence-corrected chi connectivity index (χ3v) is 9.38. The van der Waals surface area contributed by atoms with Gasteiger partial charge in [0.15, 0.2) is 0 Å². The molecule has 0 unspecified atom stereocenters. The number of benzene rings is 3. The van der Waals surface area contributed by atoms with Crippen LogP contribution in [-0.2, 0) is 23.0 Å². The third kappa shape index (κ3) is 7.91. The summed E-state index contributed by atoms with van der Waals surface area (Å²) in [6.45, 7) is 0.195. The molecular weight excluding hydrogens is 512 g/mol. The Kier molecular flexibility index (Phi) is 10.1. The topological polar surface area (TPSA) is 98.1 Å².